The van der Waals surface area contributed by atoms with Gasteiger partial charge in [0, 0.05) is 12.7 Å². The number of aromatic nitrogens is 1. The first-order valence-electron chi connectivity index (χ1n) is 8.57. The summed E-state index contributed by atoms with van der Waals surface area (Å²) < 4.78 is 65.9. The topological polar surface area (TPSA) is 98.8 Å². The lowest BCUT2D eigenvalue weighted by molar-refractivity contribution is -0.162. The van der Waals surface area contributed by atoms with Gasteiger partial charge in [0.25, 0.3) is 11.9 Å². The molecule has 0 radical (unpaired) electrons. The van der Waals surface area contributed by atoms with Crippen molar-refractivity contribution in [3.05, 3.63) is 53.6 Å². The second kappa shape index (κ2) is 8.97. The molecule has 1 aromatic carbocycles. The molecule has 1 aromatic heterocycles. The van der Waals surface area contributed by atoms with Gasteiger partial charge in [-0.2, -0.15) is 8.78 Å². The zero-order chi connectivity index (χ0) is 22.5. The molecule has 0 saturated heterocycles. The van der Waals surface area contributed by atoms with Gasteiger partial charge in [-0.05, 0) is 44.2 Å². The zero-order valence-electron chi connectivity index (χ0n) is 16.4. The van der Waals surface area contributed by atoms with Gasteiger partial charge in [-0.25, -0.2) is 18.8 Å². The highest BCUT2D eigenvalue weighted by atomic mass is 19.3. The number of halogens is 4. The van der Waals surface area contributed by atoms with Crippen LogP contribution in [0.5, 0.6) is 5.75 Å². The molecule has 7 nitrogen and oxygen atoms in total. The second-order valence-electron chi connectivity index (χ2n) is 6.53. The minimum absolute atomic E-state index is 0.0885. The van der Waals surface area contributed by atoms with Crippen molar-refractivity contribution in [3.8, 4) is 5.75 Å². The van der Waals surface area contributed by atoms with Crippen LogP contribution in [0, 0.1) is 5.82 Å². The maximum Gasteiger partial charge on any atom is 0.314 e. The third-order valence-corrected chi connectivity index (χ3v) is 4.09. The normalized spacial score (nSPS) is 12.4. The van der Waals surface area contributed by atoms with Crippen molar-refractivity contribution in [3.63, 3.8) is 0 Å². The summed E-state index contributed by atoms with van der Waals surface area (Å²) in [4.78, 5) is 19.5. The Bertz CT molecular complexity index is 934. The minimum Gasteiger partial charge on any atom is -0.461 e. The van der Waals surface area contributed by atoms with Crippen molar-refractivity contribution < 1.29 is 31.8 Å². The van der Waals surface area contributed by atoms with Gasteiger partial charge in [0.2, 0.25) is 6.86 Å². The third-order valence-electron chi connectivity index (χ3n) is 4.09. The molecular formula is C19H20F4N4O3. The number of amidine groups is 1. The van der Waals surface area contributed by atoms with Crippen molar-refractivity contribution in [2.75, 3.05) is 19.2 Å². The van der Waals surface area contributed by atoms with Crippen LogP contribution in [0.2, 0.25) is 0 Å². The number of carbonyl (C=O) groups excluding carboxylic acids is 1. The molecule has 1 heterocycles. The lowest BCUT2D eigenvalue weighted by atomic mass is 9.92. The molecule has 0 aliphatic rings. The SMILES string of the molecule is CN=C(N)OC(C)(C)C(F)(F)c1cc(NC(=O)c2ccc(OCF)cn2)ccc1F. The minimum atomic E-state index is -3.84. The molecule has 0 aliphatic heterocycles. The molecule has 1 amide bonds. The molecule has 0 unspecified atom stereocenters. The lowest BCUT2D eigenvalue weighted by Gasteiger charge is -2.34. The van der Waals surface area contributed by atoms with Gasteiger partial charge in [-0.15, -0.1) is 0 Å². The van der Waals surface area contributed by atoms with E-state index in [-0.39, 0.29) is 17.1 Å². The van der Waals surface area contributed by atoms with Crippen LogP contribution in [-0.2, 0) is 10.7 Å². The van der Waals surface area contributed by atoms with Gasteiger partial charge >= 0.3 is 5.92 Å². The van der Waals surface area contributed by atoms with E-state index in [4.69, 9.17) is 10.5 Å². The van der Waals surface area contributed by atoms with Crippen LogP contribution in [-0.4, -0.2) is 36.4 Å². The molecule has 162 valence electrons. The average molecular weight is 428 g/mol. The van der Waals surface area contributed by atoms with E-state index in [1.807, 2.05) is 0 Å². The molecule has 11 heteroatoms. The van der Waals surface area contributed by atoms with Gasteiger partial charge < -0.3 is 20.5 Å². The predicted octanol–water partition coefficient (Wildman–Crippen LogP) is 3.61. The summed E-state index contributed by atoms with van der Waals surface area (Å²) in [6, 6.07) is 4.77. The molecule has 2 aromatic rings. The molecule has 0 saturated carbocycles. The number of benzene rings is 1. The Morgan fingerprint density at radius 1 is 1.27 bits per heavy atom. The number of rotatable bonds is 7. The molecule has 0 spiro atoms. The van der Waals surface area contributed by atoms with Crippen molar-refractivity contribution >= 4 is 17.6 Å². The fraction of sp³-hybridized carbons (Fsp3) is 0.316. The highest BCUT2D eigenvalue weighted by Crippen LogP contribution is 2.43. The van der Waals surface area contributed by atoms with Crippen molar-refractivity contribution in [1.29, 1.82) is 0 Å². The van der Waals surface area contributed by atoms with E-state index < -0.39 is 41.7 Å². The number of nitrogens with two attached hydrogens (primary N) is 1. The van der Waals surface area contributed by atoms with E-state index in [1.165, 1.54) is 19.2 Å². The van der Waals surface area contributed by atoms with Gasteiger partial charge in [0.1, 0.15) is 17.3 Å². The van der Waals surface area contributed by atoms with Crippen LogP contribution in [0.3, 0.4) is 0 Å². The highest BCUT2D eigenvalue weighted by molar-refractivity contribution is 6.02. The quantitative estimate of drug-likeness (QED) is 0.399. The zero-order valence-corrected chi connectivity index (χ0v) is 16.4. The number of aliphatic imine (C=N–C) groups is 1. The summed E-state index contributed by atoms with van der Waals surface area (Å²) in [7, 11) is 1.25. The Morgan fingerprint density at radius 3 is 2.53 bits per heavy atom. The average Bonchev–Trinajstić information content (AvgIpc) is 2.69. The Balaban J connectivity index is 2.28. The van der Waals surface area contributed by atoms with Gasteiger partial charge in [0.05, 0.1) is 11.8 Å². The smallest absolute Gasteiger partial charge is 0.314 e. The van der Waals surface area contributed by atoms with Gasteiger partial charge in [-0.3, -0.25) is 4.79 Å². The largest absolute Gasteiger partial charge is 0.461 e. The van der Waals surface area contributed by atoms with E-state index in [9.17, 15) is 13.6 Å². The number of amides is 1. The molecule has 2 rings (SSSR count). The number of carbonyl (C=O) groups is 1. The number of hydrogen-bond donors (Lipinski definition) is 2. The van der Waals surface area contributed by atoms with Crippen LogP contribution in [0.25, 0.3) is 0 Å². The van der Waals surface area contributed by atoms with Crippen LogP contribution >= 0.6 is 0 Å². The first-order valence-corrected chi connectivity index (χ1v) is 8.57. The predicted molar refractivity (Wildman–Crippen MR) is 102 cm³/mol. The number of anilines is 1. The van der Waals surface area contributed by atoms with E-state index in [1.54, 1.807) is 0 Å². The molecule has 0 bridgehead atoms. The third kappa shape index (κ3) is 4.97. The number of nitrogens with zero attached hydrogens (tertiary/aromatic N) is 2. The van der Waals surface area contributed by atoms with Gasteiger partial charge in [0.15, 0.2) is 5.60 Å². The summed E-state index contributed by atoms with van der Waals surface area (Å²) in [6.07, 6.45) is 1.12. The van der Waals surface area contributed by atoms with Crippen molar-refractivity contribution in [2.45, 2.75) is 25.4 Å². The standard InChI is InChI=1S/C19H20F4N4O3/c1-18(2,30-17(24)25-3)19(22,23)13-8-11(4-6-14(13)21)27-16(28)15-7-5-12(9-26-15)29-10-20/h4-9H,10H2,1-3H3,(H2,24,25)(H,27,28). The van der Waals surface area contributed by atoms with Crippen LogP contribution in [0.1, 0.15) is 29.9 Å². The van der Waals surface area contributed by atoms with Crippen LogP contribution in [0.15, 0.2) is 41.5 Å². The Labute approximate surface area is 169 Å². The number of hydrogen-bond acceptors (Lipinski definition) is 5. The summed E-state index contributed by atoms with van der Waals surface area (Å²) >= 11 is 0. The second-order valence-corrected chi connectivity index (χ2v) is 6.53. The molecule has 0 aliphatic carbocycles. The number of alkyl halides is 3. The maximum absolute atomic E-state index is 15.0. The molecule has 0 atom stereocenters. The molecule has 30 heavy (non-hydrogen) atoms. The van der Waals surface area contributed by atoms with E-state index >= 15 is 8.78 Å². The highest BCUT2D eigenvalue weighted by Gasteiger charge is 2.52. The number of pyridine rings is 1. The summed E-state index contributed by atoms with van der Waals surface area (Å²) in [5.74, 6) is -5.68. The number of ether oxygens (including phenoxy) is 2. The van der Waals surface area contributed by atoms with Gasteiger partial charge in [-0.1, -0.05) is 0 Å². The molecular weight excluding hydrogens is 408 g/mol. The van der Waals surface area contributed by atoms with Crippen molar-refractivity contribution in [2.24, 2.45) is 10.7 Å². The summed E-state index contributed by atoms with van der Waals surface area (Å²) in [6.45, 7) is 0.997. The van der Waals surface area contributed by atoms with Crippen molar-refractivity contribution in [1.82, 2.24) is 4.98 Å². The first kappa shape index (κ1) is 22.9. The van der Waals surface area contributed by atoms with Crippen LogP contribution in [0.4, 0.5) is 23.2 Å². The summed E-state index contributed by atoms with van der Waals surface area (Å²) in [5.41, 5.74) is 1.93. The Morgan fingerprint density at radius 2 is 1.97 bits per heavy atom. The Kier molecular flexibility index (Phi) is 6.85. The Hall–Kier alpha value is -3.37. The van der Waals surface area contributed by atoms with E-state index in [0.717, 1.165) is 38.2 Å². The van der Waals surface area contributed by atoms with E-state index in [0.29, 0.717) is 0 Å². The fourth-order valence-electron chi connectivity index (χ4n) is 2.40. The molecule has 0 fully saturated rings. The lowest BCUT2D eigenvalue weighted by Crippen LogP contribution is -2.46. The fourth-order valence-corrected chi connectivity index (χ4v) is 2.40. The first-order chi connectivity index (χ1) is 14.0. The summed E-state index contributed by atoms with van der Waals surface area (Å²) in [5, 5.41) is 2.35. The number of nitrogens with one attached hydrogen (secondary N) is 1. The van der Waals surface area contributed by atoms with Crippen LogP contribution < -0.4 is 15.8 Å². The maximum atomic E-state index is 15.0. The van der Waals surface area contributed by atoms with E-state index in [2.05, 4.69) is 20.0 Å². The molecule has 3 N–H and O–H groups in total. The monoisotopic (exact) mass is 428 g/mol.